The van der Waals surface area contributed by atoms with E-state index < -0.39 is 0 Å². The van der Waals surface area contributed by atoms with Gasteiger partial charge in [-0.1, -0.05) is 38.1 Å². The average molecular weight is 320 g/mol. The zero-order chi connectivity index (χ0) is 16.9. The van der Waals surface area contributed by atoms with Crippen LogP contribution in [0.2, 0.25) is 0 Å². The van der Waals surface area contributed by atoms with Crippen LogP contribution >= 0.6 is 0 Å². The first-order valence-corrected chi connectivity index (χ1v) is 7.97. The molecule has 0 saturated heterocycles. The third-order valence-electron chi connectivity index (χ3n) is 3.64. The van der Waals surface area contributed by atoms with E-state index in [1.165, 1.54) is 0 Å². The Kier molecular flexibility index (Phi) is 4.70. The molecule has 0 aliphatic heterocycles. The number of hydrogen-bond donors (Lipinski definition) is 2. The highest BCUT2D eigenvalue weighted by Gasteiger charge is 2.07. The lowest BCUT2D eigenvalue weighted by Gasteiger charge is -2.10. The molecular formula is C19H20N4O. The number of amides is 1. The van der Waals surface area contributed by atoms with Crippen molar-refractivity contribution < 1.29 is 4.79 Å². The van der Waals surface area contributed by atoms with Crippen LogP contribution in [0.15, 0.2) is 54.7 Å². The minimum absolute atomic E-state index is 0.0144. The lowest BCUT2D eigenvalue weighted by atomic mass is 10.1. The normalized spacial score (nSPS) is 10.8. The van der Waals surface area contributed by atoms with Crippen LogP contribution < -0.4 is 10.6 Å². The Hall–Kier alpha value is -2.95. The van der Waals surface area contributed by atoms with E-state index in [2.05, 4.69) is 20.6 Å². The van der Waals surface area contributed by atoms with Gasteiger partial charge in [-0.05, 0) is 29.8 Å². The minimum atomic E-state index is -0.0420. The van der Waals surface area contributed by atoms with E-state index in [-0.39, 0.29) is 11.8 Å². The van der Waals surface area contributed by atoms with Crippen LogP contribution in [0.4, 0.5) is 11.5 Å². The van der Waals surface area contributed by atoms with E-state index in [9.17, 15) is 4.79 Å². The molecule has 0 bridgehead atoms. The molecule has 0 spiro atoms. The number of carbonyl (C=O) groups excluding carboxylic acids is 1. The summed E-state index contributed by atoms with van der Waals surface area (Å²) in [6.45, 7) is 4.36. The van der Waals surface area contributed by atoms with Gasteiger partial charge in [0.05, 0.1) is 17.2 Å². The molecule has 122 valence electrons. The maximum atomic E-state index is 11.8. The second kappa shape index (κ2) is 7.08. The summed E-state index contributed by atoms with van der Waals surface area (Å²) in [5.41, 5.74) is 3.60. The van der Waals surface area contributed by atoms with Gasteiger partial charge in [0, 0.05) is 18.2 Å². The summed E-state index contributed by atoms with van der Waals surface area (Å²) in [4.78, 5) is 20.7. The standard InChI is InChI=1S/C19H20N4O/c1-13(2)19(24)22-15-7-5-6-14(10-15)11-21-18-12-20-16-8-3-4-9-17(16)23-18/h3-10,12-13H,11H2,1-2H3,(H,21,23)(H,22,24). The smallest absolute Gasteiger partial charge is 0.226 e. The zero-order valence-electron chi connectivity index (χ0n) is 13.8. The summed E-state index contributed by atoms with van der Waals surface area (Å²) in [6.07, 6.45) is 1.73. The first-order valence-electron chi connectivity index (χ1n) is 7.97. The van der Waals surface area contributed by atoms with Crippen molar-refractivity contribution in [3.05, 3.63) is 60.3 Å². The first kappa shape index (κ1) is 15.9. The Morgan fingerprint density at radius 2 is 1.88 bits per heavy atom. The highest BCUT2D eigenvalue weighted by molar-refractivity contribution is 5.92. The van der Waals surface area contributed by atoms with Gasteiger partial charge in [-0.15, -0.1) is 0 Å². The van der Waals surface area contributed by atoms with E-state index in [1.54, 1.807) is 6.20 Å². The molecule has 3 aromatic rings. The molecule has 0 aliphatic carbocycles. The molecule has 1 heterocycles. The molecule has 2 aromatic carbocycles. The maximum Gasteiger partial charge on any atom is 0.226 e. The second-order valence-corrected chi connectivity index (χ2v) is 5.94. The number of para-hydroxylation sites is 2. The molecule has 5 heteroatoms. The number of nitrogens with one attached hydrogen (secondary N) is 2. The summed E-state index contributed by atoms with van der Waals surface area (Å²) in [6, 6.07) is 15.6. The van der Waals surface area contributed by atoms with Crippen LogP contribution in [0.25, 0.3) is 11.0 Å². The molecule has 5 nitrogen and oxygen atoms in total. The van der Waals surface area contributed by atoms with Crippen molar-refractivity contribution in [3.63, 3.8) is 0 Å². The summed E-state index contributed by atoms with van der Waals surface area (Å²) >= 11 is 0. The van der Waals surface area contributed by atoms with E-state index >= 15 is 0 Å². The molecule has 0 unspecified atom stereocenters. The van der Waals surface area contributed by atoms with Crippen molar-refractivity contribution in [3.8, 4) is 0 Å². The molecule has 24 heavy (non-hydrogen) atoms. The Bertz CT molecular complexity index is 861. The van der Waals surface area contributed by atoms with Crippen molar-refractivity contribution in [1.29, 1.82) is 0 Å². The SMILES string of the molecule is CC(C)C(=O)Nc1cccc(CNc2cnc3ccccc3n2)c1. The Labute approximate surface area is 141 Å². The first-order chi connectivity index (χ1) is 11.6. The van der Waals surface area contributed by atoms with Gasteiger partial charge in [-0.3, -0.25) is 9.78 Å². The van der Waals surface area contributed by atoms with Crippen LogP contribution in [-0.2, 0) is 11.3 Å². The van der Waals surface area contributed by atoms with Crippen molar-refractivity contribution in [2.45, 2.75) is 20.4 Å². The van der Waals surface area contributed by atoms with Gasteiger partial charge in [0.1, 0.15) is 5.82 Å². The monoisotopic (exact) mass is 320 g/mol. The van der Waals surface area contributed by atoms with Gasteiger partial charge in [0.15, 0.2) is 0 Å². The van der Waals surface area contributed by atoms with Crippen LogP contribution in [0, 0.1) is 5.92 Å². The fraction of sp³-hybridized carbons (Fsp3) is 0.211. The van der Waals surface area contributed by atoms with Gasteiger partial charge >= 0.3 is 0 Å². The number of aromatic nitrogens is 2. The number of hydrogen-bond acceptors (Lipinski definition) is 4. The van der Waals surface area contributed by atoms with E-state index in [0.29, 0.717) is 6.54 Å². The third-order valence-corrected chi connectivity index (χ3v) is 3.64. The fourth-order valence-corrected chi connectivity index (χ4v) is 2.28. The summed E-state index contributed by atoms with van der Waals surface area (Å²) < 4.78 is 0. The molecule has 0 aliphatic rings. The van der Waals surface area contributed by atoms with Crippen LogP contribution in [0.1, 0.15) is 19.4 Å². The van der Waals surface area contributed by atoms with E-state index in [0.717, 1.165) is 28.1 Å². The van der Waals surface area contributed by atoms with Crippen LogP contribution in [0.3, 0.4) is 0 Å². The van der Waals surface area contributed by atoms with Crippen molar-refractivity contribution in [1.82, 2.24) is 9.97 Å². The largest absolute Gasteiger partial charge is 0.365 e. The van der Waals surface area contributed by atoms with E-state index in [4.69, 9.17) is 0 Å². The van der Waals surface area contributed by atoms with Crippen molar-refractivity contribution in [2.24, 2.45) is 5.92 Å². The lowest BCUT2D eigenvalue weighted by molar-refractivity contribution is -0.118. The van der Waals surface area contributed by atoms with Gasteiger partial charge in [0.2, 0.25) is 5.91 Å². The molecular weight excluding hydrogens is 300 g/mol. The van der Waals surface area contributed by atoms with Gasteiger partial charge in [-0.2, -0.15) is 0 Å². The van der Waals surface area contributed by atoms with E-state index in [1.807, 2.05) is 62.4 Å². The predicted molar refractivity (Wildman–Crippen MR) is 96.8 cm³/mol. The molecule has 1 amide bonds. The highest BCUT2D eigenvalue weighted by Crippen LogP contribution is 2.15. The third kappa shape index (κ3) is 3.87. The number of benzene rings is 2. The zero-order valence-corrected chi connectivity index (χ0v) is 13.8. The summed E-state index contributed by atoms with van der Waals surface area (Å²) in [5, 5.41) is 6.18. The summed E-state index contributed by atoms with van der Waals surface area (Å²) in [7, 11) is 0. The average Bonchev–Trinajstić information content (AvgIpc) is 2.60. The molecule has 0 atom stereocenters. The van der Waals surface area contributed by atoms with Gasteiger partial charge < -0.3 is 10.6 Å². The lowest BCUT2D eigenvalue weighted by Crippen LogP contribution is -2.17. The number of nitrogens with zero attached hydrogens (tertiary/aromatic N) is 2. The summed E-state index contributed by atoms with van der Waals surface area (Å²) in [5.74, 6) is 0.700. The fourth-order valence-electron chi connectivity index (χ4n) is 2.28. The molecule has 3 rings (SSSR count). The topological polar surface area (TPSA) is 66.9 Å². The molecule has 0 radical (unpaired) electrons. The number of fused-ring (bicyclic) bond motifs is 1. The number of carbonyl (C=O) groups is 1. The number of rotatable bonds is 5. The van der Waals surface area contributed by atoms with Crippen LogP contribution in [-0.4, -0.2) is 15.9 Å². The van der Waals surface area contributed by atoms with Gasteiger partial charge in [-0.25, -0.2) is 4.98 Å². The van der Waals surface area contributed by atoms with Crippen molar-refractivity contribution >= 4 is 28.4 Å². The van der Waals surface area contributed by atoms with Crippen molar-refractivity contribution in [2.75, 3.05) is 10.6 Å². The number of anilines is 2. The second-order valence-electron chi connectivity index (χ2n) is 5.94. The quantitative estimate of drug-likeness (QED) is 0.749. The molecule has 2 N–H and O–H groups in total. The minimum Gasteiger partial charge on any atom is -0.365 e. The molecule has 1 aromatic heterocycles. The Balaban J connectivity index is 1.68. The van der Waals surface area contributed by atoms with Crippen LogP contribution in [0.5, 0.6) is 0 Å². The highest BCUT2D eigenvalue weighted by atomic mass is 16.1. The molecule has 0 saturated carbocycles. The molecule has 0 fully saturated rings. The predicted octanol–water partition coefficient (Wildman–Crippen LogP) is 3.84. The maximum absolute atomic E-state index is 11.8. The Morgan fingerprint density at radius 1 is 1.08 bits per heavy atom. The van der Waals surface area contributed by atoms with Gasteiger partial charge in [0.25, 0.3) is 0 Å². The Morgan fingerprint density at radius 3 is 2.67 bits per heavy atom.